The topological polar surface area (TPSA) is 57.5 Å². The lowest BCUT2D eigenvalue weighted by Gasteiger charge is -2.01. The van der Waals surface area contributed by atoms with E-state index in [1.165, 1.54) is 22.1 Å². The van der Waals surface area contributed by atoms with Gasteiger partial charge in [0.2, 0.25) is 5.13 Å². The maximum Gasteiger partial charge on any atom is 0.203 e. The van der Waals surface area contributed by atoms with Crippen molar-refractivity contribution in [3.05, 3.63) is 77.7 Å². The average Bonchev–Trinajstić information content (AvgIpc) is 3.12. The fraction of sp³-hybridized carbons (Fsp3) is 0. The number of thiazole rings is 1. The van der Waals surface area contributed by atoms with Crippen LogP contribution < -0.4 is 5.43 Å². The molecule has 1 aromatic heterocycles. The Morgan fingerprint density at radius 2 is 1.76 bits per heavy atom. The molecule has 0 aliphatic carbocycles. The first-order valence-corrected chi connectivity index (χ1v) is 8.69. The molecule has 2 N–H and O–H groups in total. The van der Waals surface area contributed by atoms with Gasteiger partial charge in [-0.3, -0.25) is 5.43 Å². The third-order valence-electron chi connectivity index (χ3n) is 3.85. The molecular weight excluding hydrogens is 330 g/mol. The van der Waals surface area contributed by atoms with Crippen molar-refractivity contribution >= 4 is 33.5 Å². The van der Waals surface area contributed by atoms with Crippen LogP contribution in [0, 0.1) is 0 Å². The lowest BCUT2D eigenvalue weighted by molar-refractivity contribution is 0.474. The average molecular weight is 345 g/mol. The number of nitrogens with one attached hydrogen (secondary N) is 1. The summed E-state index contributed by atoms with van der Waals surface area (Å²) in [7, 11) is 0. The van der Waals surface area contributed by atoms with E-state index in [-0.39, 0.29) is 5.75 Å². The number of hydrogen-bond donors (Lipinski definition) is 2. The molecule has 0 bridgehead atoms. The van der Waals surface area contributed by atoms with E-state index in [1.807, 2.05) is 23.6 Å². The van der Waals surface area contributed by atoms with Gasteiger partial charge in [0, 0.05) is 16.5 Å². The Hall–Kier alpha value is -3.18. The molecule has 4 aromatic rings. The first-order chi connectivity index (χ1) is 12.3. The van der Waals surface area contributed by atoms with E-state index < -0.39 is 0 Å². The molecule has 0 radical (unpaired) electrons. The van der Waals surface area contributed by atoms with Gasteiger partial charge in [0.25, 0.3) is 0 Å². The van der Waals surface area contributed by atoms with Crippen molar-refractivity contribution in [2.45, 2.75) is 0 Å². The summed E-state index contributed by atoms with van der Waals surface area (Å²) in [5, 5.41) is 19.0. The van der Waals surface area contributed by atoms with Gasteiger partial charge in [-0.25, -0.2) is 4.98 Å². The zero-order valence-electron chi connectivity index (χ0n) is 13.3. The molecule has 1 heterocycles. The highest BCUT2D eigenvalue weighted by molar-refractivity contribution is 7.14. The SMILES string of the molecule is Oc1ccccc1/C=N\Nc1nc(-c2ccc3ccccc3c2)cs1. The van der Waals surface area contributed by atoms with Crippen molar-refractivity contribution < 1.29 is 5.11 Å². The van der Waals surface area contributed by atoms with E-state index in [0.717, 1.165) is 11.3 Å². The number of fused-ring (bicyclic) bond motifs is 1. The quantitative estimate of drug-likeness (QED) is 0.399. The molecule has 0 saturated heterocycles. The second-order valence-corrected chi connectivity index (χ2v) is 6.39. The number of phenols is 1. The number of hydrazone groups is 1. The maximum atomic E-state index is 9.71. The lowest BCUT2D eigenvalue weighted by atomic mass is 10.1. The number of benzene rings is 3. The Balaban J connectivity index is 1.52. The van der Waals surface area contributed by atoms with Crippen LogP contribution in [0.2, 0.25) is 0 Å². The highest BCUT2D eigenvalue weighted by atomic mass is 32.1. The number of rotatable bonds is 4. The van der Waals surface area contributed by atoms with Crippen molar-refractivity contribution in [3.63, 3.8) is 0 Å². The molecule has 0 saturated carbocycles. The predicted octanol–water partition coefficient (Wildman–Crippen LogP) is 5.11. The molecule has 0 aliphatic heterocycles. The minimum Gasteiger partial charge on any atom is -0.507 e. The lowest BCUT2D eigenvalue weighted by Crippen LogP contribution is -1.90. The standard InChI is InChI=1S/C20H15N3OS/c24-19-8-4-3-7-17(19)12-21-23-20-22-18(13-25-20)16-10-9-14-5-1-2-6-15(14)11-16/h1-13,24H,(H,22,23)/b21-12-. The first kappa shape index (κ1) is 15.4. The molecular formula is C20H15N3OS. The largest absolute Gasteiger partial charge is 0.507 e. The normalized spacial score (nSPS) is 11.2. The van der Waals surface area contributed by atoms with Crippen LogP contribution in [0.5, 0.6) is 5.75 Å². The Morgan fingerprint density at radius 1 is 0.960 bits per heavy atom. The maximum absolute atomic E-state index is 9.71. The fourth-order valence-electron chi connectivity index (χ4n) is 2.56. The van der Waals surface area contributed by atoms with Crippen LogP contribution in [0.25, 0.3) is 22.0 Å². The van der Waals surface area contributed by atoms with Gasteiger partial charge in [0.1, 0.15) is 5.75 Å². The van der Waals surface area contributed by atoms with Crippen molar-refractivity contribution in [2.24, 2.45) is 5.10 Å². The number of nitrogens with zero attached hydrogens (tertiary/aromatic N) is 2. The molecule has 0 amide bonds. The van der Waals surface area contributed by atoms with Gasteiger partial charge in [-0.1, -0.05) is 48.5 Å². The van der Waals surface area contributed by atoms with Gasteiger partial charge in [0.15, 0.2) is 0 Å². The molecule has 25 heavy (non-hydrogen) atoms. The molecule has 4 nitrogen and oxygen atoms in total. The van der Waals surface area contributed by atoms with E-state index in [1.54, 1.807) is 24.4 Å². The Morgan fingerprint density at radius 3 is 2.64 bits per heavy atom. The van der Waals surface area contributed by atoms with Crippen LogP contribution in [0.1, 0.15) is 5.56 Å². The number of hydrogen-bond acceptors (Lipinski definition) is 5. The molecule has 0 spiro atoms. The van der Waals surface area contributed by atoms with Crippen LogP contribution in [-0.4, -0.2) is 16.3 Å². The van der Waals surface area contributed by atoms with Crippen LogP contribution >= 0.6 is 11.3 Å². The van der Waals surface area contributed by atoms with Gasteiger partial charge < -0.3 is 5.11 Å². The Kier molecular flexibility index (Phi) is 4.14. The molecule has 5 heteroatoms. The number of para-hydroxylation sites is 1. The van der Waals surface area contributed by atoms with E-state index in [9.17, 15) is 5.11 Å². The van der Waals surface area contributed by atoms with Gasteiger partial charge >= 0.3 is 0 Å². The summed E-state index contributed by atoms with van der Waals surface area (Å²) in [6, 6.07) is 21.6. The summed E-state index contributed by atoms with van der Waals surface area (Å²) >= 11 is 1.49. The fourth-order valence-corrected chi connectivity index (χ4v) is 3.23. The van der Waals surface area contributed by atoms with E-state index in [4.69, 9.17) is 0 Å². The van der Waals surface area contributed by atoms with Crippen LogP contribution in [0.3, 0.4) is 0 Å². The second kappa shape index (κ2) is 6.75. The van der Waals surface area contributed by atoms with Crippen molar-refractivity contribution in [2.75, 3.05) is 5.43 Å². The summed E-state index contributed by atoms with van der Waals surface area (Å²) in [6.07, 6.45) is 1.58. The number of phenolic OH excluding ortho intramolecular Hbond substituents is 1. The van der Waals surface area contributed by atoms with E-state index in [2.05, 4.69) is 45.8 Å². The first-order valence-electron chi connectivity index (χ1n) is 7.81. The van der Waals surface area contributed by atoms with Gasteiger partial charge in [-0.15, -0.1) is 11.3 Å². The molecule has 0 fully saturated rings. The van der Waals surface area contributed by atoms with Gasteiger partial charge in [0.05, 0.1) is 11.9 Å². The van der Waals surface area contributed by atoms with Crippen LogP contribution in [0.15, 0.2) is 77.2 Å². The van der Waals surface area contributed by atoms with Gasteiger partial charge in [-0.05, 0) is 29.0 Å². The van der Waals surface area contributed by atoms with Crippen molar-refractivity contribution in [1.29, 1.82) is 0 Å². The Labute approximate surface area is 149 Å². The third kappa shape index (κ3) is 3.36. The highest BCUT2D eigenvalue weighted by Gasteiger charge is 2.05. The van der Waals surface area contributed by atoms with E-state index in [0.29, 0.717) is 10.7 Å². The molecule has 3 aromatic carbocycles. The van der Waals surface area contributed by atoms with Crippen LogP contribution in [0.4, 0.5) is 5.13 Å². The van der Waals surface area contributed by atoms with Gasteiger partial charge in [-0.2, -0.15) is 5.10 Å². The summed E-state index contributed by atoms with van der Waals surface area (Å²) < 4.78 is 0. The second-order valence-electron chi connectivity index (χ2n) is 5.53. The zero-order valence-corrected chi connectivity index (χ0v) is 14.1. The minimum absolute atomic E-state index is 0.198. The number of aromatic nitrogens is 1. The number of aromatic hydroxyl groups is 1. The van der Waals surface area contributed by atoms with Crippen molar-refractivity contribution in [1.82, 2.24) is 4.98 Å². The molecule has 0 aliphatic rings. The third-order valence-corrected chi connectivity index (χ3v) is 4.60. The zero-order chi connectivity index (χ0) is 17.1. The van der Waals surface area contributed by atoms with Crippen molar-refractivity contribution in [3.8, 4) is 17.0 Å². The molecule has 122 valence electrons. The molecule has 0 atom stereocenters. The van der Waals surface area contributed by atoms with Crippen LogP contribution in [-0.2, 0) is 0 Å². The summed E-state index contributed by atoms with van der Waals surface area (Å²) in [5.74, 6) is 0.198. The van der Waals surface area contributed by atoms with E-state index >= 15 is 0 Å². The summed E-state index contributed by atoms with van der Waals surface area (Å²) in [5.41, 5.74) is 5.56. The molecule has 4 rings (SSSR count). The predicted molar refractivity (Wildman–Crippen MR) is 104 cm³/mol. The summed E-state index contributed by atoms with van der Waals surface area (Å²) in [6.45, 7) is 0. The smallest absolute Gasteiger partial charge is 0.203 e. The number of anilines is 1. The Bertz CT molecular complexity index is 1060. The molecule has 0 unspecified atom stereocenters. The monoisotopic (exact) mass is 345 g/mol. The minimum atomic E-state index is 0.198. The summed E-state index contributed by atoms with van der Waals surface area (Å²) in [4.78, 5) is 4.57. The highest BCUT2D eigenvalue weighted by Crippen LogP contribution is 2.27.